The quantitative estimate of drug-likeness (QED) is 0.644. The van der Waals surface area contributed by atoms with Crippen molar-refractivity contribution in [3.8, 4) is 0 Å². The molecule has 1 aliphatic heterocycles. The zero-order valence-electron chi connectivity index (χ0n) is 12.6. The summed E-state index contributed by atoms with van der Waals surface area (Å²) in [6.07, 6.45) is 14.1. The molecule has 5 nitrogen and oxygen atoms in total. The number of amidine groups is 1. The lowest BCUT2D eigenvalue weighted by Crippen LogP contribution is -2.45. The molecule has 1 aromatic carbocycles. The van der Waals surface area contributed by atoms with E-state index in [1.165, 1.54) is 17.6 Å². The van der Waals surface area contributed by atoms with Crippen LogP contribution in [0.1, 0.15) is 17.5 Å². The minimum atomic E-state index is -0.635. The fourth-order valence-corrected chi connectivity index (χ4v) is 2.51. The van der Waals surface area contributed by atoms with Crippen LogP contribution in [0.2, 0.25) is 0 Å². The summed E-state index contributed by atoms with van der Waals surface area (Å²) in [4.78, 5) is 14.7. The number of benzene rings is 1. The van der Waals surface area contributed by atoms with Crippen LogP contribution in [-0.4, -0.2) is 11.9 Å². The van der Waals surface area contributed by atoms with E-state index in [-0.39, 0.29) is 0 Å². The smallest absolute Gasteiger partial charge is 0.330 e. The van der Waals surface area contributed by atoms with Crippen LogP contribution >= 0.6 is 0 Å². The van der Waals surface area contributed by atoms with Crippen LogP contribution in [0.15, 0.2) is 70.9 Å². The fourth-order valence-electron chi connectivity index (χ4n) is 2.51. The number of urea groups is 1. The third kappa shape index (κ3) is 3.97. The van der Waals surface area contributed by atoms with Gasteiger partial charge in [-0.15, -0.1) is 0 Å². The first-order chi connectivity index (χ1) is 11.2. The number of fused-ring (bicyclic) bond motifs is 3. The van der Waals surface area contributed by atoms with Gasteiger partial charge in [-0.3, -0.25) is 10.9 Å². The molecule has 2 bridgehead atoms. The first-order valence-corrected chi connectivity index (χ1v) is 7.41. The number of nitrogens with zero attached hydrogens (tertiary/aromatic N) is 1. The second-order valence-corrected chi connectivity index (χ2v) is 5.37. The molecule has 2 aliphatic carbocycles. The van der Waals surface area contributed by atoms with Crippen LogP contribution in [0, 0.1) is 0 Å². The molecule has 0 fully saturated rings. The summed E-state index contributed by atoms with van der Waals surface area (Å²) in [7, 11) is 0. The van der Waals surface area contributed by atoms with Crippen molar-refractivity contribution in [3.63, 3.8) is 0 Å². The molecule has 0 saturated carbocycles. The molecule has 0 saturated heterocycles. The van der Waals surface area contributed by atoms with E-state index in [9.17, 15) is 4.79 Å². The molecular formula is C18H18N4O. The average molecular weight is 306 g/mol. The number of hydrazine groups is 1. The topological polar surface area (TPSA) is 79.5 Å². The number of primary amides is 1. The number of nitrogens with two attached hydrogens (primary N) is 1. The van der Waals surface area contributed by atoms with E-state index in [4.69, 9.17) is 5.73 Å². The van der Waals surface area contributed by atoms with Crippen molar-refractivity contribution >= 4 is 17.9 Å². The Morgan fingerprint density at radius 2 is 1.78 bits per heavy atom. The van der Waals surface area contributed by atoms with Crippen molar-refractivity contribution in [1.82, 2.24) is 10.9 Å². The van der Waals surface area contributed by atoms with E-state index in [0.717, 1.165) is 11.1 Å². The summed E-state index contributed by atoms with van der Waals surface area (Å²) in [5.41, 5.74) is 15.1. The maximum Gasteiger partial charge on any atom is 0.330 e. The molecule has 23 heavy (non-hydrogen) atoms. The predicted octanol–water partition coefficient (Wildman–Crippen LogP) is 2.60. The first-order valence-electron chi connectivity index (χ1n) is 7.41. The van der Waals surface area contributed by atoms with E-state index in [1.807, 2.05) is 30.3 Å². The van der Waals surface area contributed by atoms with Gasteiger partial charge in [-0.05, 0) is 34.8 Å². The molecule has 0 radical (unpaired) electrons. The van der Waals surface area contributed by atoms with E-state index in [1.54, 1.807) is 6.20 Å². The molecule has 0 unspecified atom stereocenters. The minimum Gasteiger partial charge on any atom is -0.350 e. The maximum absolute atomic E-state index is 10.5. The number of allylic oxidation sites excluding steroid dienone is 6. The van der Waals surface area contributed by atoms with Crippen LogP contribution in [0.3, 0.4) is 0 Å². The second kappa shape index (κ2) is 6.79. The third-order valence-electron chi connectivity index (χ3n) is 3.66. The zero-order chi connectivity index (χ0) is 16.1. The third-order valence-corrected chi connectivity index (χ3v) is 3.66. The van der Waals surface area contributed by atoms with Gasteiger partial charge >= 0.3 is 6.03 Å². The van der Waals surface area contributed by atoms with Crippen molar-refractivity contribution in [2.45, 2.75) is 12.8 Å². The highest BCUT2D eigenvalue weighted by atomic mass is 16.2. The number of hydrogen-bond acceptors (Lipinski definition) is 3. The van der Waals surface area contributed by atoms with Crippen molar-refractivity contribution in [2.24, 2.45) is 10.7 Å². The normalized spacial score (nSPS) is 16.3. The van der Waals surface area contributed by atoms with Crippen molar-refractivity contribution in [1.29, 1.82) is 0 Å². The molecule has 2 amide bonds. The van der Waals surface area contributed by atoms with E-state index < -0.39 is 6.03 Å². The monoisotopic (exact) mass is 306 g/mol. The number of nitrogens with one attached hydrogen (secondary N) is 2. The Balaban J connectivity index is 0.000000183. The lowest BCUT2D eigenvalue weighted by Gasteiger charge is -2.09. The van der Waals surface area contributed by atoms with Crippen molar-refractivity contribution < 1.29 is 4.79 Å². The highest BCUT2D eigenvalue weighted by molar-refractivity contribution is 5.88. The predicted molar refractivity (Wildman–Crippen MR) is 92.4 cm³/mol. The Morgan fingerprint density at radius 3 is 2.39 bits per heavy atom. The summed E-state index contributed by atoms with van der Waals surface area (Å²) >= 11 is 0. The van der Waals surface area contributed by atoms with Crippen LogP contribution in [-0.2, 0) is 6.42 Å². The molecule has 116 valence electrons. The van der Waals surface area contributed by atoms with Gasteiger partial charge in [-0.1, -0.05) is 48.6 Å². The number of hydrogen-bond donors (Lipinski definition) is 3. The van der Waals surface area contributed by atoms with E-state index in [0.29, 0.717) is 12.3 Å². The average Bonchev–Trinajstić information content (AvgIpc) is 3.14. The Labute approximate surface area is 135 Å². The molecule has 0 spiro atoms. The van der Waals surface area contributed by atoms with Crippen molar-refractivity contribution in [2.75, 3.05) is 0 Å². The molecule has 1 aromatic rings. The zero-order valence-corrected chi connectivity index (χ0v) is 12.6. The number of carbonyl (C=O) groups excluding carboxylic acids is 1. The van der Waals surface area contributed by atoms with Gasteiger partial charge in [-0.25, -0.2) is 9.79 Å². The summed E-state index contributed by atoms with van der Waals surface area (Å²) in [6, 6.07) is 7.35. The number of carbonyl (C=O) groups is 1. The summed E-state index contributed by atoms with van der Waals surface area (Å²) in [6.45, 7) is 0. The molecular weight excluding hydrogens is 288 g/mol. The molecule has 4 N–H and O–H groups in total. The Hall–Kier alpha value is -3.08. The Kier molecular flexibility index (Phi) is 4.38. The highest BCUT2D eigenvalue weighted by Crippen LogP contribution is 2.27. The lowest BCUT2D eigenvalue weighted by molar-refractivity contribution is 0.247. The van der Waals surface area contributed by atoms with E-state index >= 15 is 0 Å². The Bertz CT molecular complexity index is 749. The van der Waals surface area contributed by atoms with Gasteiger partial charge in [0.15, 0.2) is 0 Å². The summed E-state index contributed by atoms with van der Waals surface area (Å²) in [5.74, 6) is 0.653. The summed E-state index contributed by atoms with van der Waals surface area (Å²) in [5, 5.41) is 0. The van der Waals surface area contributed by atoms with Crippen LogP contribution in [0.25, 0.3) is 6.08 Å². The highest BCUT2D eigenvalue weighted by Gasteiger charge is 2.08. The van der Waals surface area contributed by atoms with E-state index in [2.05, 4.69) is 40.1 Å². The molecule has 0 atom stereocenters. The standard InChI is InChI=1S/C11H12N4O.C7H6/c12-11(16)15-14-10-7-9-4-2-1-3-8(9)5-6-13-10;1-2-7-4-3-6(1)5-7/h1-6H,7H2,(H,13,14)(H3,12,15,16);1-4H,5H2. The molecule has 0 aromatic heterocycles. The van der Waals surface area contributed by atoms with Crippen LogP contribution in [0.5, 0.6) is 0 Å². The van der Waals surface area contributed by atoms with Gasteiger partial charge in [0.25, 0.3) is 0 Å². The minimum absolute atomic E-state index is 0.628. The molecule has 5 heteroatoms. The first kappa shape index (κ1) is 14.8. The number of amides is 2. The fraction of sp³-hybridized carbons (Fsp3) is 0.111. The van der Waals surface area contributed by atoms with Gasteiger partial charge in [-0.2, -0.15) is 0 Å². The van der Waals surface area contributed by atoms with Crippen LogP contribution < -0.4 is 16.6 Å². The largest absolute Gasteiger partial charge is 0.350 e. The SMILES string of the molecule is C1=CC2=CC=C1C2.NC(=O)NNC1=NC=Cc2ccccc2C1. The van der Waals surface area contributed by atoms with Crippen LogP contribution in [0.4, 0.5) is 4.79 Å². The molecule has 4 rings (SSSR count). The molecule has 3 aliphatic rings. The number of rotatable bonds is 0. The van der Waals surface area contributed by atoms with Gasteiger partial charge < -0.3 is 5.73 Å². The Morgan fingerprint density at radius 1 is 1.04 bits per heavy atom. The lowest BCUT2D eigenvalue weighted by atomic mass is 10.0. The maximum atomic E-state index is 10.5. The van der Waals surface area contributed by atoms with Gasteiger partial charge in [0, 0.05) is 12.6 Å². The van der Waals surface area contributed by atoms with Crippen molar-refractivity contribution in [3.05, 3.63) is 77.0 Å². The van der Waals surface area contributed by atoms with Gasteiger partial charge in [0.1, 0.15) is 5.84 Å². The second-order valence-electron chi connectivity index (χ2n) is 5.37. The number of aliphatic imine (C=N–C) groups is 1. The van der Waals surface area contributed by atoms with Gasteiger partial charge in [0.2, 0.25) is 0 Å². The summed E-state index contributed by atoms with van der Waals surface area (Å²) < 4.78 is 0. The van der Waals surface area contributed by atoms with Gasteiger partial charge in [0.05, 0.1) is 0 Å². The molecule has 1 heterocycles.